The molecule has 0 aliphatic carbocycles. The number of thiocarbonyl (C=S) groups is 1. The normalized spacial score (nSPS) is 26.7. The van der Waals surface area contributed by atoms with Crippen molar-refractivity contribution < 1.29 is 4.74 Å². The molecule has 0 bridgehead atoms. The summed E-state index contributed by atoms with van der Waals surface area (Å²) in [5.41, 5.74) is 5.48. The Balaban J connectivity index is 2.91. The van der Waals surface area contributed by atoms with E-state index >= 15 is 0 Å². The molecule has 1 aliphatic heterocycles. The summed E-state index contributed by atoms with van der Waals surface area (Å²) in [6.07, 6.45) is 1.01. The van der Waals surface area contributed by atoms with Gasteiger partial charge in [-0.2, -0.15) is 0 Å². The van der Waals surface area contributed by atoms with Crippen LogP contribution >= 0.6 is 12.2 Å². The molecular formula is C13H26N2OS. The topological polar surface area (TPSA) is 38.5 Å². The van der Waals surface area contributed by atoms with Gasteiger partial charge >= 0.3 is 0 Å². The first kappa shape index (κ1) is 14.9. The van der Waals surface area contributed by atoms with Gasteiger partial charge in [-0.05, 0) is 48.0 Å². The summed E-state index contributed by atoms with van der Waals surface area (Å²) < 4.78 is 6.14. The Morgan fingerprint density at radius 1 is 1.41 bits per heavy atom. The van der Waals surface area contributed by atoms with Crippen LogP contribution in [-0.2, 0) is 4.74 Å². The standard InChI is InChI=1S/C13H26N2OS/c1-9(2)15(8-11(14)17)10-7-12(3,4)16-13(10,5)6/h9-10H,7-8H2,1-6H3,(H2,14,17). The van der Waals surface area contributed by atoms with E-state index in [0.29, 0.717) is 23.6 Å². The maximum Gasteiger partial charge on any atom is 0.0870 e. The number of hydrogen-bond acceptors (Lipinski definition) is 3. The molecule has 0 spiro atoms. The SMILES string of the molecule is CC(C)N(CC(N)=S)C1CC(C)(C)OC1(C)C. The van der Waals surface area contributed by atoms with Crippen LogP contribution < -0.4 is 5.73 Å². The summed E-state index contributed by atoms with van der Waals surface area (Å²) in [4.78, 5) is 2.91. The third kappa shape index (κ3) is 3.63. The van der Waals surface area contributed by atoms with E-state index in [0.717, 1.165) is 6.42 Å². The van der Waals surface area contributed by atoms with Crippen molar-refractivity contribution >= 4 is 17.2 Å². The number of ether oxygens (including phenoxy) is 1. The van der Waals surface area contributed by atoms with Gasteiger partial charge in [-0.3, -0.25) is 4.90 Å². The van der Waals surface area contributed by atoms with Gasteiger partial charge in [0.15, 0.2) is 0 Å². The molecule has 0 aromatic carbocycles. The molecule has 100 valence electrons. The van der Waals surface area contributed by atoms with E-state index < -0.39 is 0 Å². The van der Waals surface area contributed by atoms with Crippen molar-refractivity contribution in [2.75, 3.05) is 6.54 Å². The first-order chi connectivity index (χ1) is 7.55. The molecule has 0 saturated carbocycles. The van der Waals surface area contributed by atoms with E-state index in [4.69, 9.17) is 22.7 Å². The number of hydrogen-bond donors (Lipinski definition) is 1. The van der Waals surface area contributed by atoms with E-state index in [2.05, 4.69) is 46.4 Å². The molecule has 1 aliphatic rings. The van der Waals surface area contributed by atoms with Crippen LogP contribution in [0.2, 0.25) is 0 Å². The van der Waals surface area contributed by atoms with Crippen LogP contribution in [0.15, 0.2) is 0 Å². The Hall–Kier alpha value is -0.190. The zero-order valence-electron chi connectivity index (χ0n) is 11.9. The predicted octanol–water partition coefficient (Wildman–Crippen LogP) is 2.33. The van der Waals surface area contributed by atoms with Crippen LogP contribution in [0.4, 0.5) is 0 Å². The zero-order chi connectivity index (χ0) is 13.4. The Labute approximate surface area is 111 Å². The summed E-state index contributed by atoms with van der Waals surface area (Å²) in [6, 6.07) is 0.775. The lowest BCUT2D eigenvalue weighted by Crippen LogP contribution is -2.52. The fraction of sp³-hybridized carbons (Fsp3) is 0.923. The van der Waals surface area contributed by atoms with Crippen LogP contribution in [0.1, 0.15) is 48.0 Å². The molecule has 0 amide bonds. The lowest BCUT2D eigenvalue weighted by atomic mass is 9.92. The van der Waals surface area contributed by atoms with Crippen LogP contribution in [0.5, 0.6) is 0 Å². The first-order valence-corrected chi connectivity index (χ1v) is 6.70. The molecule has 1 fully saturated rings. The monoisotopic (exact) mass is 258 g/mol. The summed E-state index contributed by atoms with van der Waals surface area (Å²) in [6.45, 7) is 13.6. The van der Waals surface area contributed by atoms with Crippen molar-refractivity contribution in [1.29, 1.82) is 0 Å². The summed E-state index contributed by atoms with van der Waals surface area (Å²) >= 11 is 5.05. The van der Waals surface area contributed by atoms with Gasteiger partial charge in [0.25, 0.3) is 0 Å². The molecule has 1 heterocycles. The van der Waals surface area contributed by atoms with E-state index in [1.165, 1.54) is 0 Å². The van der Waals surface area contributed by atoms with Gasteiger partial charge in [-0.25, -0.2) is 0 Å². The Morgan fingerprint density at radius 3 is 2.24 bits per heavy atom. The second-order valence-corrected chi connectivity index (χ2v) is 6.94. The Morgan fingerprint density at radius 2 is 1.94 bits per heavy atom. The van der Waals surface area contributed by atoms with Crippen molar-refractivity contribution in [3.8, 4) is 0 Å². The van der Waals surface area contributed by atoms with E-state index in [1.807, 2.05) is 0 Å². The molecule has 1 rings (SSSR count). The number of nitrogens with two attached hydrogens (primary N) is 1. The minimum atomic E-state index is -0.154. The second kappa shape index (κ2) is 4.82. The second-order valence-electron chi connectivity index (χ2n) is 6.42. The minimum absolute atomic E-state index is 0.0719. The number of rotatable bonds is 4. The van der Waals surface area contributed by atoms with Crippen LogP contribution in [0.3, 0.4) is 0 Å². The van der Waals surface area contributed by atoms with Gasteiger partial charge < -0.3 is 10.5 Å². The largest absolute Gasteiger partial charge is 0.392 e. The summed E-state index contributed by atoms with van der Waals surface area (Å²) in [5.74, 6) is 0. The average Bonchev–Trinajstić information content (AvgIpc) is 2.29. The first-order valence-electron chi connectivity index (χ1n) is 6.29. The molecule has 1 saturated heterocycles. The molecule has 4 heteroatoms. The molecule has 0 aromatic rings. The zero-order valence-corrected chi connectivity index (χ0v) is 12.7. The third-order valence-electron chi connectivity index (χ3n) is 3.43. The molecule has 1 unspecified atom stereocenters. The van der Waals surface area contributed by atoms with Gasteiger partial charge in [-0.1, -0.05) is 12.2 Å². The lowest BCUT2D eigenvalue weighted by Gasteiger charge is -2.38. The van der Waals surface area contributed by atoms with Crippen molar-refractivity contribution in [2.24, 2.45) is 5.73 Å². The van der Waals surface area contributed by atoms with Crippen LogP contribution in [0.25, 0.3) is 0 Å². The fourth-order valence-corrected chi connectivity index (χ4v) is 3.03. The maximum atomic E-state index is 6.14. The van der Waals surface area contributed by atoms with Gasteiger partial charge in [0.1, 0.15) is 0 Å². The highest BCUT2D eigenvalue weighted by molar-refractivity contribution is 7.80. The predicted molar refractivity (Wildman–Crippen MR) is 76.3 cm³/mol. The van der Waals surface area contributed by atoms with Gasteiger partial charge in [0.2, 0.25) is 0 Å². The van der Waals surface area contributed by atoms with Crippen LogP contribution in [-0.4, -0.2) is 39.7 Å². The molecule has 1 atom stereocenters. The molecule has 0 radical (unpaired) electrons. The number of nitrogens with zero attached hydrogens (tertiary/aromatic N) is 1. The average molecular weight is 258 g/mol. The fourth-order valence-electron chi connectivity index (χ4n) is 2.88. The molecule has 3 nitrogen and oxygen atoms in total. The van der Waals surface area contributed by atoms with Crippen molar-refractivity contribution in [3.63, 3.8) is 0 Å². The maximum absolute atomic E-state index is 6.14. The Bertz CT molecular complexity index is 300. The van der Waals surface area contributed by atoms with Crippen molar-refractivity contribution in [3.05, 3.63) is 0 Å². The molecule has 2 N–H and O–H groups in total. The van der Waals surface area contributed by atoms with Gasteiger partial charge in [0.05, 0.1) is 16.2 Å². The van der Waals surface area contributed by atoms with Gasteiger partial charge in [-0.15, -0.1) is 0 Å². The molecule has 0 aromatic heterocycles. The lowest BCUT2D eigenvalue weighted by molar-refractivity contribution is -0.0816. The quantitative estimate of drug-likeness (QED) is 0.786. The van der Waals surface area contributed by atoms with Crippen molar-refractivity contribution in [2.45, 2.75) is 71.2 Å². The highest BCUT2D eigenvalue weighted by Gasteiger charge is 2.48. The minimum Gasteiger partial charge on any atom is -0.392 e. The van der Waals surface area contributed by atoms with Gasteiger partial charge in [0, 0.05) is 18.6 Å². The van der Waals surface area contributed by atoms with Crippen molar-refractivity contribution in [1.82, 2.24) is 4.90 Å². The highest BCUT2D eigenvalue weighted by Crippen LogP contribution is 2.40. The third-order valence-corrected chi connectivity index (χ3v) is 3.56. The van der Waals surface area contributed by atoms with Crippen LogP contribution in [0, 0.1) is 0 Å². The van der Waals surface area contributed by atoms with E-state index in [-0.39, 0.29) is 11.2 Å². The summed E-state index contributed by atoms with van der Waals surface area (Å²) in [7, 11) is 0. The molecule has 17 heavy (non-hydrogen) atoms. The summed E-state index contributed by atoms with van der Waals surface area (Å²) in [5, 5.41) is 0. The highest BCUT2D eigenvalue weighted by atomic mass is 32.1. The van der Waals surface area contributed by atoms with E-state index in [9.17, 15) is 0 Å². The smallest absolute Gasteiger partial charge is 0.0870 e. The van der Waals surface area contributed by atoms with E-state index in [1.54, 1.807) is 0 Å². The molecular weight excluding hydrogens is 232 g/mol. The Kier molecular flexibility index (Phi) is 4.22.